The summed E-state index contributed by atoms with van der Waals surface area (Å²) in [5, 5.41) is 0. The molecule has 98 valence electrons. The number of ether oxygens (including phenoxy) is 1. The molecule has 0 aliphatic rings. The van der Waals surface area contributed by atoms with Crippen LogP contribution in [0.5, 0.6) is 0 Å². The maximum atomic E-state index is 11.8. The zero-order valence-electron chi connectivity index (χ0n) is 11.4. The largest absolute Gasteiger partial charge is 0.457 e. The second kappa shape index (κ2) is 5.80. The summed E-state index contributed by atoms with van der Waals surface area (Å²) in [6, 6.07) is 8.83. The summed E-state index contributed by atoms with van der Waals surface area (Å²) in [6.07, 6.45) is 0. The van der Waals surface area contributed by atoms with E-state index in [2.05, 4.69) is 0 Å². The molecule has 0 aliphatic carbocycles. The molecule has 3 heteroatoms. The Balaban J connectivity index is 2.52. The van der Waals surface area contributed by atoms with Crippen LogP contribution in [0.3, 0.4) is 0 Å². The van der Waals surface area contributed by atoms with E-state index in [-0.39, 0.29) is 29.7 Å². The van der Waals surface area contributed by atoms with Gasteiger partial charge < -0.3 is 4.74 Å². The summed E-state index contributed by atoms with van der Waals surface area (Å²) in [5.41, 5.74) is 0.404. The molecule has 0 saturated carbocycles. The summed E-state index contributed by atoms with van der Waals surface area (Å²) in [6.45, 7) is 7.53. The highest BCUT2D eigenvalue weighted by Crippen LogP contribution is 2.26. The second-order valence-electron chi connectivity index (χ2n) is 5.48. The van der Waals surface area contributed by atoms with Crippen molar-refractivity contribution in [1.29, 1.82) is 0 Å². The van der Waals surface area contributed by atoms with Crippen molar-refractivity contribution in [3.05, 3.63) is 35.9 Å². The number of ketones is 1. The molecular weight excluding hydrogens is 228 g/mol. The van der Waals surface area contributed by atoms with Crippen molar-refractivity contribution in [2.24, 2.45) is 11.3 Å². The number of Topliss-reactive ketones (excluding diaryl/α,β-unsaturated/α-hetero) is 1. The van der Waals surface area contributed by atoms with Crippen molar-refractivity contribution in [3.63, 3.8) is 0 Å². The molecule has 0 heterocycles. The third-order valence-electron chi connectivity index (χ3n) is 3.09. The van der Waals surface area contributed by atoms with Gasteiger partial charge in [0.1, 0.15) is 0 Å². The molecule has 3 nitrogen and oxygen atoms in total. The van der Waals surface area contributed by atoms with Gasteiger partial charge in [0, 0.05) is 5.56 Å². The Morgan fingerprint density at radius 1 is 1.17 bits per heavy atom. The molecule has 0 amide bonds. The fraction of sp³-hybridized carbons (Fsp3) is 0.467. The van der Waals surface area contributed by atoms with Gasteiger partial charge in [-0.3, -0.25) is 9.59 Å². The maximum Gasteiger partial charge on any atom is 0.309 e. The highest BCUT2D eigenvalue weighted by atomic mass is 16.5. The SMILES string of the molecule is C[C@@H](C(=O)OCC(=O)c1ccccc1)C(C)(C)C. The number of benzene rings is 1. The Morgan fingerprint density at radius 3 is 2.22 bits per heavy atom. The summed E-state index contributed by atoms with van der Waals surface area (Å²) < 4.78 is 5.06. The fourth-order valence-corrected chi connectivity index (χ4v) is 1.32. The molecule has 0 fully saturated rings. The van der Waals surface area contributed by atoms with Crippen LogP contribution >= 0.6 is 0 Å². The lowest BCUT2D eigenvalue weighted by Gasteiger charge is -2.25. The Morgan fingerprint density at radius 2 is 1.72 bits per heavy atom. The van der Waals surface area contributed by atoms with Crippen molar-refractivity contribution in [3.8, 4) is 0 Å². The zero-order valence-corrected chi connectivity index (χ0v) is 11.4. The monoisotopic (exact) mass is 248 g/mol. The number of carbonyl (C=O) groups excluding carboxylic acids is 2. The molecular formula is C15H20O3. The molecule has 0 aliphatic heterocycles. The van der Waals surface area contributed by atoms with E-state index in [0.29, 0.717) is 5.56 Å². The Bertz CT molecular complexity index is 415. The van der Waals surface area contributed by atoms with Crippen LogP contribution in [0.25, 0.3) is 0 Å². The van der Waals surface area contributed by atoms with E-state index >= 15 is 0 Å². The van der Waals surface area contributed by atoms with Gasteiger partial charge in [0.05, 0.1) is 5.92 Å². The van der Waals surface area contributed by atoms with Crippen LogP contribution in [0.2, 0.25) is 0 Å². The van der Waals surface area contributed by atoms with E-state index in [4.69, 9.17) is 4.74 Å². The van der Waals surface area contributed by atoms with Crippen LogP contribution < -0.4 is 0 Å². The standard InChI is InChI=1S/C15H20O3/c1-11(15(2,3)4)14(17)18-10-13(16)12-8-6-5-7-9-12/h5-9,11H,10H2,1-4H3/t11-/m0/s1. The third kappa shape index (κ3) is 3.99. The number of hydrogen-bond donors (Lipinski definition) is 0. The molecule has 0 N–H and O–H groups in total. The van der Waals surface area contributed by atoms with E-state index < -0.39 is 0 Å². The lowest BCUT2D eigenvalue weighted by atomic mass is 9.82. The van der Waals surface area contributed by atoms with Crippen LogP contribution in [0.15, 0.2) is 30.3 Å². The maximum absolute atomic E-state index is 11.8. The van der Waals surface area contributed by atoms with Crippen molar-refractivity contribution >= 4 is 11.8 Å². The topological polar surface area (TPSA) is 43.4 Å². The van der Waals surface area contributed by atoms with E-state index in [0.717, 1.165) is 0 Å². The van der Waals surface area contributed by atoms with E-state index in [1.807, 2.05) is 33.8 Å². The van der Waals surface area contributed by atoms with Crippen LogP contribution in [0.1, 0.15) is 38.1 Å². The van der Waals surface area contributed by atoms with Gasteiger partial charge in [-0.25, -0.2) is 0 Å². The molecule has 1 aromatic rings. The molecule has 0 bridgehead atoms. The first-order valence-electron chi connectivity index (χ1n) is 6.07. The van der Waals surface area contributed by atoms with E-state index in [9.17, 15) is 9.59 Å². The van der Waals surface area contributed by atoms with Crippen molar-refractivity contribution in [2.45, 2.75) is 27.7 Å². The summed E-state index contributed by atoms with van der Waals surface area (Å²) in [5.74, 6) is -0.738. The van der Waals surface area contributed by atoms with Crippen molar-refractivity contribution < 1.29 is 14.3 Å². The average molecular weight is 248 g/mol. The molecule has 18 heavy (non-hydrogen) atoms. The zero-order chi connectivity index (χ0) is 13.8. The van der Waals surface area contributed by atoms with Crippen LogP contribution in [-0.2, 0) is 9.53 Å². The summed E-state index contributed by atoms with van der Waals surface area (Å²) >= 11 is 0. The van der Waals surface area contributed by atoms with Gasteiger partial charge in [-0.2, -0.15) is 0 Å². The predicted octanol–water partition coefficient (Wildman–Crippen LogP) is 3.09. The molecule has 1 atom stereocenters. The lowest BCUT2D eigenvalue weighted by Crippen LogP contribution is -2.29. The fourth-order valence-electron chi connectivity index (χ4n) is 1.32. The molecule has 0 saturated heterocycles. The van der Waals surface area contributed by atoms with Gasteiger partial charge >= 0.3 is 5.97 Å². The quantitative estimate of drug-likeness (QED) is 0.607. The molecule has 0 radical (unpaired) electrons. The predicted molar refractivity (Wildman–Crippen MR) is 70.4 cm³/mol. The van der Waals surface area contributed by atoms with Crippen molar-refractivity contribution in [1.82, 2.24) is 0 Å². The second-order valence-corrected chi connectivity index (χ2v) is 5.48. The number of carbonyl (C=O) groups is 2. The van der Waals surface area contributed by atoms with Crippen LogP contribution in [0, 0.1) is 11.3 Å². The molecule has 0 unspecified atom stereocenters. The van der Waals surface area contributed by atoms with E-state index in [1.165, 1.54) is 0 Å². The normalized spacial score (nSPS) is 12.9. The van der Waals surface area contributed by atoms with Crippen molar-refractivity contribution in [2.75, 3.05) is 6.61 Å². The Labute approximate surface area is 108 Å². The Kier molecular flexibility index (Phi) is 4.65. The number of rotatable bonds is 4. The average Bonchev–Trinajstić information content (AvgIpc) is 2.34. The first kappa shape index (κ1) is 14.4. The highest BCUT2D eigenvalue weighted by molar-refractivity contribution is 5.97. The smallest absolute Gasteiger partial charge is 0.309 e. The van der Waals surface area contributed by atoms with Crippen LogP contribution in [-0.4, -0.2) is 18.4 Å². The first-order valence-corrected chi connectivity index (χ1v) is 6.07. The molecule has 0 aromatic heterocycles. The minimum atomic E-state index is -0.327. The molecule has 1 rings (SSSR count). The van der Waals surface area contributed by atoms with Gasteiger partial charge in [0.25, 0.3) is 0 Å². The van der Waals surface area contributed by atoms with Gasteiger partial charge in [0.2, 0.25) is 0 Å². The van der Waals surface area contributed by atoms with E-state index in [1.54, 1.807) is 24.3 Å². The number of hydrogen-bond acceptors (Lipinski definition) is 3. The Hall–Kier alpha value is -1.64. The molecule has 1 aromatic carbocycles. The third-order valence-corrected chi connectivity index (χ3v) is 3.09. The number of esters is 1. The lowest BCUT2D eigenvalue weighted by molar-refractivity contribution is -0.150. The first-order chi connectivity index (χ1) is 8.32. The van der Waals surface area contributed by atoms with Gasteiger partial charge in [-0.1, -0.05) is 58.0 Å². The summed E-state index contributed by atoms with van der Waals surface area (Å²) in [4.78, 5) is 23.5. The molecule has 0 spiro atoms. The minimum absolute atomic E-state index is 0.160. The highest BCUT2D eigenvalue weighted by Gasteiger charge is 2.28. The van der Waals surface area contributed by atoms with Gasteiger partial charge in [-0.15, -0.1) is 0 Å². The summed E-state index contributed by atoms with van der Waals surface area (Å²) in [7, 11) is 0. The minimum Gasteiger partial charge on any atom is -0.457 e. The van der Waals surface area contributed by atoms with Gasteiger partial charge in [-0.05, 0) is 5.41 Å². The van der Waals surface area contributed by atoms with Gasteiger partial charge in [0.15, 0.2) is 12.4 Å². The van der Waals surface area contributed by atoms with Crippen LogP contribution in [0.4, 0.5) is 0 Å².